The lowest BCUT2D eigenvalue weighted by molar-refractivity contribution is 0.545. The summed E-state index contributed by atoms with van der Waals surface area (Å²) in [5.41, 5.74) is 7.19. The highest BCUT2D eigenvalue weighted by atomic mass is 79.9. The summed E-state index contributed by atoms with van der Waals surface area (Å²) in [5, 5.41) is 4.63. The lowest BCUT2D eigenvalue weighted by Crippen LogP contribution is -2.19. The number of nitrogens with two attached hydrogens (primary N) is 1. The minimum Gasteiger partial charge on any atom is -0.319 e. The Labute approximate surface area is 124 Å². The van der Waals surface area contributed by atoms with Crippen LogP contribution < -0.4 is 5.73 Å². The number of halogens is 3. The fourth-order valence-corrected chi connectivity index (χ4v) is 2.61. The number of aromatic nitrogens is 2. The number of nitrogens with zero attached hydrogens (tertiary/aromatic N) is 2. The van der Waals surface area contributed by atoms with Crippen LogP contribution in [-0.4, -0.2) is 9.78 Å². The molecular formula is C13H14BrClFN3. The molecule has 1 aromatic heterocycles. The Balaban J connectivity index is 2.46. The van der Waals surface area contributed by atoms with Gasteiger partial charge in [-0.25, -0.2) is 4.39 Å². The van der Waals surface area contributed by atoms with Gasteiger partial charge in [0.05, 0.1) is 23.0 Å². The number of benzene rings is 1. The first-order chi connectivity index (χ1) is 9.04. The molecule has 6 heteroatoms. The average molecular weight is 347 g/mol. The van der Waals surface area contributed by atoms with Crippen molar-refractivity contribution in [2.24, 2.45) is 5.73 Å². The molecule has 0 spiro atoms. The van der Waals surface area contributed by atoms with Gasteiger partial charge in [-0.2, -0.15) is 5.10 Å². The van der Waals surface area contributed by atoms with Crippen LogP contribution >= 0.6 is 27.5 Å². The van der Waals surface area contributed by atoms with E-state index < -0.39 is 6.04 Å². The molecule has 102 valence electrons. The van der Waals surface area contributed by atoms with Crippen LogP contribution in [0.5, 0.6) is 0 Å². The van der Waals surface area contributed by atoms with E-state index in [1.54, 1.807) is 23.0 Å². The Bertz CT molecular complexity index is 585. The Hall–Kier alpha value is -0.910. The van der Waals surface area contributed by atoms with Crippen molar-refractivity contribution >= 4 is 27.5 Å². The minimum absolute atomic E-state index is 0.351. The normalized spacial score (nSPS) is 12.7. The molecule has 0 amide bonds. The topological polar surface area (TPSA) is 43.8 Å². The molecule has 0 aliphatic rings. The van der Waals surface area contributed by atoms with Crippen LogP contribution in [0.1, 0.15) is 30.6 Å². The van der Waals surface area contributed by atoms with Gasteiger partial charge in [-0.1, -0.05) is 34.5 Å². The fraction of sp³-hybridized carbons (Fsp3) is 0.308. The third-order valence-corrected chi connectivity index (χ3v) is 3.64. The van der Waals surface area contributed by atoms with Gasteiger partial charge in [0.2, 0.25) is 0 Å². The number of hydrogen-bond acceptors (Lipinski definition) is 2. The maximum Gasteiger partial charge on any atom is 0.128 e. The molecule has 0 fully saturated rings. The molecule has 1 aromatic carbocycles. The highest BCUT2D eigenvalue weighted by Gasteiger charge is 2.21. The van der Waals surface area contributed by atoms with Crippen LogP contribution in [0.25, 0.3) is 0 Å². The van der Waals surface area contributed by atoms with E-state index in [9.17, 15) is 4.39 Å². The van der Waals surface area contributed by atoms with Gasteiger partial charge in [0, 0.05) is 16.6 Å². The van der Waals surface area contributed by atoms with Gasteiger partial charge in [-0.3, -0.25) is 4.68 Å². The Kier molecular flexibility index (Phi) is 4.60. The second kappa shape index (κ2) is 6.03. The van der Waals surface area contributed by atoms with Crippen LogP contribution in [-0.2, 0) is 6.54 Å². The maximum atomic E-state index is 13.9. The summed E-state index contributed by atoms with van der Waals surface area (Å²) >= 11 is 9.44. The van der Waals surface area contributed by atoms with Gasteiger partial charge in [-0.05, 0) is 24.6 Å². The summed E-state index contributed by atoms with van der Waals surface area (Å²) in [5.74, 6) is -0.351. The van der Waals surface area contributed by atoms with Gasteiger partial charge in [0.1, 0.15) is 5.82 Å². The molecule has 0 aliphatic heterocycles. The molecule has 0 saturated carbocycles. The predicted octanol–water partition coefficient (Wildman–Crippen LogP) is 3.90. The first-order valence-corrected chi connectivity index (χ1v) is 7.13. The standard InChI is InChI=1S/C13H14BrClFN3/c1-2-5-19-13(10(15)7-18-19)12(17)9-6-8(14)3-4-11(9)16/h3-4,6-7,12H,2,5,17H2,1H3. The number of rotatable bonds is 4. The number of hydrogen-bond donors (Lipinski definition) is 1. The summed E-state index contributed by atoms with van der Waals surface area (Å²) < 4.78 is 16.4. The van der Waals surface area contributed by atoms with Crippen molar-refractivity contribution in [2.75, 3.05) is 0 Å². The SMILES string of the molecule is CCCn1ncc(Cl)c1C(N)c1cc(Br)ccc1F. The molecule has 0 aliphatic carbocycles. The zero-order valence-electron chi connectivity index (χ0n) is 10.4. The second-order valence-electron chi connectivity index (χ2n) is 4.24. The summed E-state index contributed by atoms with van der Waals surface area (Å²) in [6, 6.07) is 4.04. The fourth-order valence-electron chi connectivity index (χ4n) is 1.97. The van der Waals surface area contributed by atoms with Crippen LogP contribution in [0.4, 0.5) is 4.39 Å². The van der Waals surface area contributed by atoms with Crippen molar-refractivity contribution in [1.82, 2.24) is 9.78 Å². The Morgan fingerprint density at radius 2 is 2.26 bits per heavy atom. The Morgan fingerprint density at radius 1 is 1.53 bits per heavy atom. The third-order valence-electron chi connectivity index (χ3n) is 2.86. The van der Waals surface area contributed by atoms with E-state index in [-0.39, 0.29) is 5.82 Å². The summed E-state index contributed by atoms with van der Waals surface area (Å²) in [4.78, 5) is 0. The second-order valence-corrected chi connectivity index (χ2v) is 5.57. The van der Waals surface area contributed by atoms with E-state index in [1.165, 1.54) is 6.07 Å². The van der Waals surface area contributed by atoms with Crippen molar-refractivity contribution in [3.05, 3.63) is 51.0 Å². The molecule has 0 saturated heterocycles. The predicted molar refractivity (Wildman–Crippen MR) is 77.7 cm³/mol. The van der Waals surface area contributed by atoms with Crippen molar-refractivity contribution < 1.29 is 4.39 Å². The Morgan fingerprint density at radius 3 is 2.95 bits per heavy atom. The van der Waals surface area contributed by atoms with Crippen LogP contribution in [0.15, 0.2) is 28.9 Å². The molecule has 2 aromatic rings. The summed E-state index contributed by atoms with van der Waals surface area (Å²) in [6.07, 6.45) is 2.45. The molecule has 2 rings (SSSR count). The average Bonchev–Trinajstić information content (AvgIpc) is 2.73. The van der Waals surface area contributed by atoms with Crippen LogP contribution in [0.2, 0.25) is 5.02 Å². The quantitative estimate of drug-likeness (QED) is 0.912. The minimum atomic E-state index is -0.640. The highest BCUT2D eigenvalue weighted by molar-refractivity contribution is 9.10. The van der Waals surface area contributed by atoms with Crippen LogP contribution in [0, 0.1) is 5.82 Å². The molecule has 2 N–H and O–H groups in total. The first-order valence-electron chi connectivity index (χ1n) is 5.96. The molecule has 1 unspecified atom stereocenters. The van der Waals surface area contributed by atoms with Crippen molar-refractivity contribution in [3.63, 3.8) is 0 Å². The van der Waals surface area contributed by atoms with Gasteiger partial charge in [0.25, 0.3) is 0 Å². The zero-order chi connectivity index (χ0) is 14.0. The van der Waals surface area contributed by atoms with E-state index >= 15 is 0 Å². The van der Waals surface area contributed by atoms with Gasteiger partial charge in [-0.15, -0.1) is 0 Å². The van der Waals surface area contributed by atoms with E-state index in [1.807, 2.05) is 6.92 Å². The molecule has 0 bridgehead atoms. The van der Waals surface area contributed by atoms with E-state index in [0.717, 1.165) is 10.9 Å². The third kappa shape index (κ3) is 2.99. The molecule has 0 radical (unpaired) electrons. The zero-order valence-corrected chi connectivity index (χ0v) is 12.7. The van der Waals surface area contributed by atoms with Gasteiger partial charge < -0.3 is 5.73 Å². The largest absolute Gasteiger partial charge is 0.319 e. The first kappa shape index (κ1) is 14.5. The van der Waals surface area contributed by atoms with Crippen molar-refractivity contribution in [2.45, 2.75) is 25.9 Å². The molecular weight excluding hydrogens is 333 g/mol. The maximum absolute atomic E-state index is 13.9. The van der Waals surface area contributed by atoms with Crippen molar-refractivity contribution in [3.8, 4) is 0 Å². The molecule has 1 atom stereocenters. The van der Waals surface area contributed by atoms with Gasteiger partial charge in [0.15, 0.2) is 0 Å². The lowest BCUT2D eigenvalue weighted by Gasteiger charge is -2.16. The monoisotopic (exact) mass is 345 g/mol. The van der Waals surface area contributed by atoms with Gasteiger partial charge >= 0.3 is 0 Å². The van der Waals surface area contributed by atoms with Crippen molar-refractivity contribution in [1.29, 1.82) is 0 Å². The molecule has 19 heavy (non-hydrogen) atoms. The molecule has 1 heterocycles. The van der Waals surface area contributed by atoms with E-state index in [2.05, 4.69) is 21.0 Å². The number of aryl methyl sites for hydroxylation is 1. The van der Waals surface area contributed by atoms with Crippen LogP contribution in [0.3, 0.4) is 0 Å². The van der Waals surface area contributed by atoms with E-state index in [4.69, 9.17) is 17.3 Å². The smallest absolute Gasteiger partial charge is 0.128 e. The lowest BCUT2D eigenvalue weighted by atomic mass is 10.0. The summed E-state index contributed by atoms with van der Waals surface area (Å²) in [6.45, 7) is 2.73. The van der Waals surface area contributed by atoms with E-state index in [0.29, 0.717) is 22.8 Å². The summed E-state index contributed by atoms with van der Waals surface area (Å²) in [7, 11) is 0. The molecule has 3 nitrogen and oxygen atoms in total. The highest BCUT2D eigenvalue weighted by Crippen LogP contribution is 2.29.